The molecular formula is C31H35FN6O4. The fourth-order valence-electron chi connectivity index (χ4n) is 5.58. The summed E-state index contributed by atoms with van der Waals surface area (Å²) in [4.78, 5) is 45.9. The molecule has 0 unspecified atom stereocenters. The van der Waals surface area contributed by atoms with Gasteiger partial charge in [-0.3, -0.25) is 9.59 Å². The van der Waals surface area contributed by atoms with Gasteiger partial charge in [0.05, 0.1) is 18.8 Å². The molecule has 2 atom stereocenters. The number of benzene rings is 3. The summed E-state index contributed by atoms with van der Waals surface area (Å²) in [5, 5.41) is 15.8. The van der Waals surface area contributed by atoms with Crippen LogP contribution in [0.4, 0.5) is 14.9 Å². The SMILES string of the molecule is CN(C)c1cc(CN2C[C@H]3N(C(=O)CN(C)N3C(=O)NCc3ccccc3)[C@@H](Cc3ccc(O)cc3)C2=O)ccc1F. The molecule has 220 valence electrons. The van der Waals surface area contributed by atoms with Crippen LogP contribution in [0.1, 0.15) is 16.7 Å². The van der Waals surface area contributed by atoms with Crippen LogP contribution in [0, 0.1) is 5.82 Å². The van der Waals surface area contributed by atoms with Gasteiger partial charge in [0.1, 0.15) is 23.8 Å². The van der Waals surface area contributed by atoms with E-state index in [1.807, 2.05) is 30.3 Å². The predicted octanol–water partition coefficient (Wildman–Crippen LogP) is 2.78. The molecule has 5 rings (SSSR count). The Hall–Kier alpha value is -4.64. The number of piperazine rings is 1. The molecular weight excluding hydrogens is 539 g/mol. The van der Waals surface area contributed by atoms with Crippen molar-refractivity contribution in [3.8, 4) is 5.75 Å². The van der Waals surface area contributed by atoms with E-state index in [2.05, 4.69) is 5.32 Å². The number of rotatable bonds is 7. The van der Waals surface area contributed by atoms with Crippen LogP contribution in [-0.2, 0) is 29.1 Å². The summed E-state index contributed by atoms with van der Waals surface area (Å²) < 4.78 is 14.4. The number of aromatic hydroxyl groups is 1. The molecule has 2 fully saturated rings. The van der Waals surface area contributed by atoms with E-state index in [0.29, 0.717) is 12.2 Å². The largest absolute Gasteiger partial charge is 0.508 e. The van der Waals surface area contributed by atoms with Gasteiger partial charge in [0.2, 0.25) is 11.8 Å². The van der Waals surface area contributed by atoms with Gasteiger partial charge >= 0.3 is 6.03 Å². The van der Waals surface area contributed by atoms with Gasteiger partial charge in [0, 0.05) is 40.7 Å². The van der Waals surface area contributed by atoms with Crippen molar-refractivity contribution < 1.29 is 23.9 Å². The van der Waals surface area contributed by atoms with Gasteiger partial charge in [-0.25, -0.2) is 19.2 Å². The van der Waals surface area contributed by atoms with Crippen molar-refractivity contribution >= 4 is 23.5 Å². The molecule has 0 saturated carbocycles. The van der Waals surface area contributed by atoms with Gasteiger partial charge in [-0.1, -0.05) is 48.5 Å². The van der Waals surface area contributed by atoms with Crippen LogP contribution in [0.25, 0.3) is 0 Å². The number of carbonyl (C=O) groups is 3. The number of phenols is 1. The number of nitrogens with zero attached hydrogens (tertiary/aromatic N) is 5. The van der Waals surface area contributed by atoms with Gasteiger partial charge < -0.3 is 25.1 Å². The van der Waals surface area contributed by atoms with Crippen molar-refractivity contribution in [1.29, 1.82) is 0 Å². The molecule has 3 aromatic rings. The van der Waals surface area contributed by atoms with E-state index >= 15 is 0 Å². The summed E-state index contributed by atoms with van der Waals surface area (Å²) in [6.07, 6.45) is -0.562. The van der Waals surface area contributed by atoms with Crippen molar-refractivity contribution in [2.75, 3.05) is 39.1 Å². The number of amides is 4. The monoisotopic (exact) mass is 574 g/mol. The minimum absolute atomic E-state index is 0.0707. The Bertz CT molecular complexity index is 1450. The normalized spacial score (nSPS) is 19.1. The summed E-state index contributed by atoms with van der Waals surface area (Å²) in [6.45, 7) is 0.480. The van der Waals surface area contributed by atoms with E-state index < -0.39 is 18.2 Å². The molecule has 42 heavy (non-hydrogen) atoms. The Balaban J connectivity index is 1.47. The lowest BCUT2D eigenvalue weighted by Crippen LogP contribution is -2.76. The van der Waals surface area contributed by atoms with E-state index in [1.165, 1.54) is 28.1 Å². The summed E-state index contributed by atoms with van der Waals surface area (Å²) in [5.74, 6) is -0.801. The van der Waals surface area contributed by atoms with E-state index in [0.717, 1.165) is 16.7 Å². The number of anilines is 1. The third-order valence-electron chi connectivity index (χ3n) is 7.67. The topological polar surface area (TPSA) is 99.7 Å². The molecule has 2 aliphatic rings. The number of halogens is 1. The van der Waals surface area contributed by atoms with Crippen molar-refractivity contribution in [3.05, 3.63) is 95.3 Å². The van der Waals surface area contributed by atoms with E-state index in [1.54, 1.807) is 60.2 Å². The predicted molar refractivity (Wildman–Crippen MR) is 156 cm³/mol. The first-order valence-electron chi connectivity index (χ1n) is 13.8. The molecule has 0 bridgehead atoms. The summed E-state index contributed by atoms with van der Waals surface area (Å²) in [7, 11) is 5.17. The average Bonchev–Trinajstić information content (AvgIpc) is 2.96. The highest BCUT2D eigenvalue weighted by atomic mass is 19.1. The third-order valence-corrected chi connectivity index (χ3v) is 7.67. The molecule has 2 saturated heterocycles. The molecule has 0 radical (unpaired) electrons. The molecule has 10 nitrogen and oxygen atoms in total. The molecule has 0 aliphatic carbocycles. The van der Waals surface area contributed by atoms with Crippen molar-refractivity contribution in [1.82, 2.24) is 25.1 Å². The van der Waals surface area contributed by atoms with Gasteiger partial charge in [-0.2, -0.15) is 0 Å². The smallest absolute Gasteiger partial charge is 0.334 e. The third kappa shape index (κ3) is 6.01. The molecule has 4 amide bonds. The highest BCUT2D eigenvalue weighted by Crippen LogP contribution is 2.30. The van der Waals surface area contributed by atoms with Crippen LogP contribution < -0.4 is 10.2 Å². The van der Waals surface area contributed by atoms with Crippen LogP contribution in [-0.4, -0.2) is 89.2 Å². The maximum atomic E-state index is 14.4. The number of urea groups is 1. The molecule has 2 heterocycles. The van der Waals surface area contributed by atoms with Crippen molar-refractivity contribution in [2.24, 2.45) is 0 Å². The van der Waals surface area contributed by atoms with Crippen LogP contribution >= 0.6 is 0 Å². The van der Waals surface area contributed by atoms with E-state index in [-0.39, 0.29) is 49.4 Å². The van der Waals surface area contributed by atoms with Crippen LogP contribution in [0.3, 0.4) is 0 Å². The second-order valence-electron chi connectivity index (χ2n) is 10.9. The Morgan fingerprint density at radius 2 is 1.69 bits per heavy atom. The van der Waals surface area contributed by atoms with Gasteiger partial charge in [-0.05, 0) is 41.0 Å². The highest BCUT2D eigenvalue weighted by molar-refractivity contribution is 5.91. The van der Waals surface area contributed by atoms with E-state index in [4.69, 9.17) is 0 Å². The maximum Gasteiger partial charge on any atom is 0.334 e. The summed E-state index contributed by atoms with van der Waals surface area (Å²) >= 11 is 0. The first-order valence-corrected chi connectivity index (χ1v) is 13.8. The summed E-state index contributed by atoms with van der Waals surface area (Å²) in [6, 6.07) is 19.5. The number of hydrazine groups is 1. The molecule has 2 aliphatic heterocycles. The Morgan fingerprint density at radius 1 is 1.00 bits per heavy atom. The van der Waals surface area contributed by atoms with Crippen LogP contribution in [0.5, 0.6) is 5.75 Å². The second kappa shape index (κ2) is 12.1. The minimum Gasteiger partial charge on any atom is -0.508 e. The lowest BCUT2D eigenvalue weighted by molar-refractivity contribution is -0.187. The van der Waals surface area contributed by atoms with E-state index in [9.17, 15) is 23.9 Å². The number of hydrogen-bond donors (Lipinski definition) is 2. The molecule has 2 N–H and O–H groups in total. The van der Waals surface area contributed by atoms with Gasteiger partial charge in [0.15, 0.2) is 0 Å². The van der Waals surface area contributed by atoms with Gasteiger partial charge in [0.25, 0.3) is 0 Å². The number of likely N-dealkylation sites (N-methyl/N-ethyl adjacent to an activating group) is 1. The molecule has 3 aromatic carbocycles. The number of carbonyl (C=O) groups excluding carboxylic acids is 3. The molecule has 0 spiro atoms. The maximum absolute atomic E-state index is 14.4. The molecule has 0 aromatic heterocycles. The number of fused-ring (bicyclic) bond motifs is 1. The second-order valence-corrected chi connectivity index (χ2v) is 10.9. The van der Waals surface area contributed by atoms with Crippen LogP contribution in [0.2, 0.25) is 0 Å². The first-order chi connectivity index (χ1) is 20.1. The lowest BCUT2D eigenvalue weighted by atomic mass is 9.98. The minimum atomic E-state index is -0.882. The zero-order valence-electron chi connectivity index (χ0n) is 23.9. The number of phenolic OH excluding ortho intramolecular Hbond substituents is 1. The fraction of sp³-hybridized carbons (Fsp3) is 0.323. The number of nitrogens with one attached hydrogen (secondary N) is 1. The zero-order chi connectivity index (χ0) is 30.0. The quantitative estimate of drug-likeness (QED) is 0.451. The highest BCUT2D eigenvalue weighted by Gasteiger charge is 2.50. The first kappa shape index (κ1) is 28.9. The Kier molecular flexibility index (Phi) is 8.30. The number of hydrogen-bond acceptors (Lipinski definition) is 6. The Labute approximate surface area is 244 Å². The lowest BCUT2D eigenvalue weighted by Gasteiger charge is -2.54. The standard InChI is InChI=1S/C31H35FN6O4/c1-34(2)26-16-23(11-14-25(26)32)18-36-19-28-37(27(30(36)41)15-21-9-12-24(39)13-10-21)29(40)20-35(3)38(28)31(42)33-17-22-7-5-4-6-8-22/h4-14,16,27-28,39H,15,17-20H2,1-3H3,(H,33,42)/t27-,28-/m0/s1. The average molecular weight is 575 g/mol. The zero-order valence-corrected chi connectivity index (χ0v) is 23.9. The fourth-order valence-corrected chi connectivity index (χ4v) is 5.58. The van der Waals surface area contributed by atoms with Crippen molar-refractivity contribution in [3.63, 3.8) is 0 Å². The van der Waals surface area contributed by atoms with Gasteiger partial charge in [-0.15, -0.1) is 0 Å². The Morgan fingerprint density at radius 3 is 2.38 bits per heavy atom. The van der Waals surface area contributed by atoms with Crippen molar-refractivity contribution in [2.45, 2.75) is 31.7 Å². The summed E-state index contributed by atoms with van der Waals surface area (Å²) in [5.41, 5.74) is 2.81. The van der Waals surface area contributed by atoms with Crippen LogP contribution in [0.15, 0.2) is 72.8 Å². The molecule has 11 heteroatoms.